The number of rotatable bonds is 7. The van der Waals surface area contributed by atoms with Crippen molar-refractivity contribution in [3.05, 3.63) is 0 Å². The summed E-state index contributed by atoms with van der Waals surface area (Å²) in [5, 5.41) is 22.7. The van der Waals surface area contributed by atoms with Gasteiger partial charge in [0, 0.05) is 20.1 Å². The maximum absolute atomic E-state index is 11.8. The van der Waals surface area contributed by atoms with Crippen LogP contribution in [-0.4, -0.2) is 59.9 Å². The molecule has 2 unspecified atom stereocenters. The van der Waals surface area contributed by atoms with Gasteiger partial charge in [-0.15, -0.1) is 0 Å². The average Bonchev–Trinajstić information content (AvgIpc) is 2.82. The van der Waals surface area contributed by atoms with Gasteiger partial charge in [-0.2, -0.15) is 0 Å². The van der Waals surface area contributed by atoms with Crippen molar-refractivity contribution in [2.24, 2.45) is 0 Å². The highest BCUT2D eigenvalue weighted by atomic mass is 16.5. The maximum atomic E-state index is 11.8. The van der Waals surface area contributed by atoms with Crippen LogP contribution in [0.5, 0.6) is 0 Å². The van der Waals surface area contributed by atoms with E-state index in [9.17, 15) is 14.4 Å². The number of methoxy groups -OCH3 is 1. The van der Waals surface area contributed by atoms with Crippen molar-refractivity contribution in [1.29, 1.82) is 0 Å². The summed E-state index contributed by atoms with van der Waals surface area (Å²) in [6.45, 7) is 0.529. The second-order valence-corrected chi connectivity index (χ2v) is 4.39. The molecule has 108 valence electrons. The molecule has 0 saturated carbocycles. The molecule has 1 saturated heterocycles. The predicted octanol–water partition coefficient (Wildman–Crippen LogP) is -1.20. The van der Waals surface area contributed by atoms with E-state index < -0.39 is 29.9 Å². The summed E-state index contributed by atoms with van der Waals surface area (Å²) < 4.78 is 5.09. The second kappa shape index (κ2) is 7.05. The number of ether oxygens (including phenoxy) is 1. The van der Waals surface area contributed by atoms with Crippen LogP contribution in [0.3, 0.4) is 0 Å². The molecule has 0 aromatic heterocycles. The first-order valence-electron chi connectivity index (χ1n) is 5.95. The predicted molar refractivity (Wildman–Crippen MR) is 63.6 cm³/mol. The minimum absolute atomic E-state index is 0.0713. The Labute approximate surface area is 110 Å². The summed E-state index contributed by atoms with van der Waals surface area (Å²) in [6.07, 6.45) is -0.0569. The van der Waals surface area contributed by atoms with Crippen molar-refractivity contribution in [3.63, 3.8) is 0 Å². The highest BCUT2D eigenvalue weighted by Crippen LogP contribution is 2.10. The Balaban J connectivity index is 2.47. The number of amides is 1. The van der Waals surface area contributed by atoms with Gasteiger partial charge in [0.15, 0.2) is 0 Å². The van der Waals surface area contributed by atoms with Gasteiger partial charge in [-0.1, -0.05) is 0 Å². The lowest BCUT2D eigenvalue weighted by Crippen LogP contribution is -2.48. The van der Waals surface area contributed by atoms with Gasteiger partial charge in [0.05, 0.1) is 12.1 Å². The molecule has 19 heavy (non-hydrogen) atoms. The number of carbonyl (C=O) groups excluding carboxylic acids is 1. The summed E-state index contributed by atoms with van der Waals surface area (Å²) >= 11 is 0. The number of carbonyl (C=O) groups is 3. The molecule has 1 aliphatic heterocycles. The summed E-state index contributed by atoms with van der Waals surface area (Å²) in [5.74, 6) is -2.79. The SMILES string of the molecule is COC1CNC(C(=O)N[C@@H](CCC(=O)O)C(=O)O)C1. The van der Waals surface area contributed by atoms with E-state index in [0.717, 1.165) is 0 Å². The molecule has 0 spiro atoms. The number of hydrogen-bond acceptors (Lipinski definition) is 5. The zero-order valence-corrected chi connectivity index (χ0v) is 10.6. The summed E-state index contributed by atoms with van der Waals surface area (Å²) in [6, 6.07) is -1.69. The lowest BCUT2D eigenvalue weighted by Gasteiger charge is -2.16. The lowest BCUT2D eigenvalue weighted by molar-refractivity contribution is -0.143. The van der Waals surface area contributed by atoms with Crippen LogP contribution in [-0.2, 0) is 19.1 Å². The molecule has 1 aliphatic rings. The molecule has 0 aromatic rings. The molecule has 8 heteroatoms. The first-order valence-corrected chi connectivity index (χ1v) is 5.95. The maximum Gasteiger partial charge on any atom is 0.326 e. The van der Waals surface area contributed by atoms with Gasteiger partial charge in [0.25, 0.3) is 0 Å². The first-order chi connectivity index (χ1) is 8.93. The van der Waals surface area contributed by atoms with Gasteiger partial charge in [0.2, 0.25) is 5.91 Å². The normalized spacial score (nSPS) is 23.8. The van der Waals surface area contributed by atoms with Gasteiger partial charge >= 0.3 is 11.9 Å². The minimum atomic E-state index is -1.24. The summed E-state index contributed by atoms with van der Waals surface area (Å²) in [7, 11) is 1.54. The van der Waals surface area contributed by atoms with E-state index in [4.69, 9.17) is 14.9 Å². The molecule has 0 aliphatic carbocycles. The fraction of sp³-hybridized carbons (Fsp3) is 0.727. The topological polar surface area (TPSA) is 125 Å². The van der Waals surface area contributed by atoms with Crippen LogP contribution in [0.25, 0.3) is 0 Å². The van der Waals surface area contributed by atoms with Crippen LogP contribution >= 0.6 is 0 Å². The molecule has 0 radical (unpaired) electrons. The van der Waals surface area contributed by atoms with Crippen LogP contribution in [0.1, 0.15) is 19.3 Å². The third kappa shape index (κ3) is 4.84. The third-order valence-electron chi connectivity index (χ3n) is 3.00. The van der Waals surface area contributed by atoms with Crippen LogP contribution in [0.2, 0.25) is 0 Å². The van der Waals surface area contributed by atoms with Crippen molar-refractivity contribution in [1.82, 2.24) is 10.6 Å². The zero-order chi connectivity index (χ0) is 14.4. The number of carboxylic acids is 2. The molecule has 8 nitrogen and oxygen atoms in total. The molecule has 4 N–H and O–H groups in total. The number of hydrogen-bond donors (Lipinski definition) is 4. The van der Waals surface area contributed by atoms with Crippen molar-refractivity contribution >= 4 is 17.8 Å². The van der Waals surface area contributed by atoms with Gasteiger partial charge < -0.3 is 25.6 Å². The minimum Gasteiger partial charge on any atom is -0.481 e. The van der Waals surface area contributed by atoms with E-state index in [1.807, 2.05) is 0 Å². The quantitative estimate of drug-likeness (QED) is 0.459. The average molecular weight is 274 g/mol. The molecule has 1 heterocycles. The Bertz CT molecular complexity index is 359. The van der Waals surface area contributed by atoms with Crippen LogP contribution in [0, 0.1) is 0 Å². The Morgan fingerprint density at radius 3 is 2.58 bits per heavy atom. The van der Waals surface area contributed by atoms with Gasteiger partial charge in [-0.05, 0) is 12.8 Å². The molecule has 1 amide bonds. The monoisotopic (exact) mass is 274 g/mol. The smallest absolute Gasteiger partial charge is 0.326 e. The third-order valence-corrected chi connectivity index (χ3v) is 3.00. The Morgan fingerprint density at radius 1 is 1.42 bits per heavy atom. The van der Waals surface area contributed by atoms with E-state index >= 15 is 0 Å². The van der Waals surface area contributed by atoms with E-state index in [2.05, 4.69) is 10.6 Å². The molecule has 3 atom stereocenters. The standard InChI is InChI=1S/C11H18N2O6/c1-19-6-4-8(12-5-6)10(16)13-7(11(17)18)2-3-9(14)15/h6-8,12H,2-5H2,1H3,(H,13,16)(H,14,15)(H,17,18)/t6?,7-,8?/m0/s1. The lowest BCUT2D eigenvalue weighted by atomic mass is 10.1. The van der Waals surface area contributed by atoms with Crippen molar-refractivity contribution < 1.29 is 29.3 Å². The first kappa shape index (κ1) is 15.4. The Hall–Kier alpha value is -1.67. The molecule has 0 bridgehead atoms. The fourth-order valence-corrected chi connectivity index (χ4v) is 1.88. The highest BCUT2D eigenvalue weighted by molar-refractivity contribution is 5.87. The van der Waals surface area contributed by atoms with Gasteiger partial charge in [-0.3, -0.25) is 9.59 Å². The molecular formula is C11H18N2O6. The van der Waals surface area contributed by atoms with E-state index in [-0.39, 0.29) is 18.9 Å². The highest BCUT2D eigenvalue weighted by Gasteiger charge is 2.31. The van der Waals surface area contributed by atoms with Crippen LogP contribution in [0.4, 0.5) is 0 Å². The molecular weight excluding hydrogens is 256 g/mol. The Morgan fingerprint density at radius 2 is 2.11 bits per heavy atom. The van der Waals surface area contributed by atoms with Crippen molar-refractivity contribution in [2.45, 2.75) is 37.5 Å². The van der Waals surface area contributed by atoms with Crippen molar-refractivity contribution in [2.75, 3.05) is 13.7 Å². The molecule has 1 rings (SSSR count). The van der Waals surface area contributed by atoms with Crippen molar-refractivity contribution in [3.8, 4) is 0 Å². The van der Waals surface area contributed by atoms with Crippen LogP contribution < -0.4 is 10.6 Å². The van der Waals surface area contributed by atoms with E-state index in [1.165, 1.54) is 0 Å². The summed E-state index contributed by atoms with van der Waals surface area (Å²) in [5.41, 5.74) is 0. The van der Waals surface area contributed by atoms with Gasteiger partial charge in [0.1, 0.15) is 6.04 Å². The van der Waals surface area contributed by atoms with E-state index in [0.29, 0.717) is 13.0 Å². The molecule has 1 fully saturated rings. The number of carboxylic acid groups (broad SMARTS) is 2. The van der Waals surface area contributed by atoms with Gasteiger partial charge in [-0.25, -0.2) is 4.79 Å². The van der Waals surface area contributed by atoms with E-state index in [1.54, 1.807) is 7.11 Å². The largest absolute Gasteiger partial charge is 0.481 e. The Kier molecular flexibility index (Phi) is 5.71. The van der Waals surface area contributed by atoms with Crippen LogP contribution in [0.15, 0.2) is 0 Å². The number of nitrogens with one attached hydrogen (secondary N) is 2. The zero-order valence-electron chi connectivity index (χ0n) is 10.6. The molecule has 0 aromatic carbocycles. The summed E-state index contributed by atoms with van der Waals surface area (Å²) in [4.78, 5) is 33.2. The fourth-order valence-electron chi connectivity index (χ4n) is 1.88. The second-order valence-electron chi connectivity index (χ2n) is 4.39. The number of aliphatic carboxylic acids is 2.